The molecule has 0 aliphatic carbocycles. The van der Waals surface area contributed by atoms with Crippen molar-refractivity contribution in [3.8, 4) is 0 Å². The smallest absolute Gasteiger partial charge is 0.340 e. The van der Waals surface area contributed by atoms with Gasteiger partial charge in [0.25, 0.3) is 0 Å². The van der Waals surface area contributed by atoms with Crippen molar-refractivity contribution in [3.63, 3.8) is 0 Å². The minimum Gasteiger partial charge on any atom is -0.340 e. The van der Waals surface area contributed by atoms with Crippen LogP contribution in [0.25, 0.3) is 0 Å². The standard InChI is InChI=1S/C19H21F3N4O2/c1-12-23-13(2)26(24-12)11-17(27)25-9-3-4-15(10-25)18(28)14-5-7-16(8-6-14)19(20,21)22/h5-8,15H,3-4,9-11H2,1-2H3/t15-/m0/s1. The van der Waals surface area contributed by atoms with Crippen molar-refractivity contribution in [1.29, 1.82) is 0 Å². The lowest BCUT2D eigenvalue weighted by molar-refractivity contribution is -0.137. The number of amides is 1. The molecule has 1 aromatic carbocycles. The van der Waals surface area contributed by atoms with Crippen LogP contribution >= 0.6 is 0 Å². The molecule has 1 fully saturated rings. The van der Waals surface area contributed by atoms with Gasteiger partial charge in [0.15, 0.2) is 5.78 Å². The Hall–Kier alpha value is -2.71. The molecular weight excluding hydrogens is 373 g/mol. The molecule has 0 spiro atoms. The van der Waals surface area contributed by atoms with E-state index < -0.39 is 17.7 Å². The quantitative estimate of drug-likeness (QED) is 0.748. The average Bonchev–Trinajstić information content (AvgIpc) is 2.97. The van der Waals surface area contributed by atoms with Gasteiger partial charge < -0.3 is 4.90 Å². The molecule has 0 N–H and O–H groups in total. The summed E-state index contributed by atoms with van der Waals surface area (Å²) in [5, 5.41) is 4.17. The van der Waals surface area contributed by atoms with Gasteiger partial charge in [-0.15, -0.1) is 0 Å². The summed E-state index contributed by atoms with van der Waals surface area (Å²) >= 11 is 0. The van der Waals surface area contributed by atoms with Gasteiger partial charge in [0.05, 0.1) is 5.56 Å². The average molecular weight is 394 g/mol. The maximum Gasteiger partial charge on any atom is 0.416 e. The zero-order valence-corrected chi connectivity index (χ0v) is 15.7. The molecule has 1 atom stereocenters. The Bertz CT molecular complexity index is 874. The van der Waals surface area contributed by atoms with Crippen LogP contribution in [0.4, 0.5) is 13.2 Å². The fraction of sp³-hybridized carbons (Fsp3) is 0.474. The van der Waals surface area contributed by atoms with E-state index in [9.17, 15) is 22.8 Å². The van der Waals surface area contributed by atoms with Crippen molar-refractivity contribution < 1.29 is 22.8 Å². The maximum atomic E-state index is 12.7. The third kappa shape index (κ3) is 4.40. The van der Waals surface area contributed by atoms with E-state index >= 15 is 0 Å². The summed E-state index contributed by atoms with van der Waals surface area (Å²) in [4.78, 5) is 31.1. The Morgan fingerprint density at radius 1 is 1.18 bits per heavy atom. The van der Waals surface area contributed by atoms with Gasteiger partial charge in [-0.3, -0.25) is 9.59 Å². The summed E-state index contributed by atoms with van der Waals surface area (Å²) in [6.07, 6.45) is -3.17. The predicted octanol–water partition coefficient (Wildman–Crippen LogP) is 3.04. The fourth-order valence-corrected chi connectivity index (χ4v) is 3.42. The minimum atomic E-state index is -4.44. The number of hydrogen-bond acceptors (Lipinski definition) is 4. The molecule has 1 aromatic heterocycles. The first-order valence-corrected chi connectivity index (χ1v) is 9.02. The molecule has 3 rings (SSSR count). The molecule has 1 aliphatic rings. The van der Waals surface area contributed by atoms with Gasteiger partial charge in [0.1, 0.15) is 18.2 Å². The lowest BCUT2D eigenvalue weighted by atomic mass is 9.89. The van der Waals surface area contributed by atoms with Gasteiger partial charge in [0, 0.05) is 24.6 Å². The van der Waals surface area contributed by atoms with Crippen LogP contribution in [0.15, 0.2) is 24.3 Å². The molecule has 2 aromatic rings. The van der Waals surface area contributed by atoms with Crippen LogP contribution in [0.1, 0.15) is 40.4 Å². The molecule has 28 heavy (non-hydrogen) atoms. The predicted molar refractivity (Wildman–Crippen MR) is 94.6 cm³/mol. The van der Waals surface area contributed by atoms with Crippen LogP contribution < -0.4 is 0 Å². The number of carbonyl (C=O) groups excluding carboxylic acids is 2. The lowest BCUT2D eigenvalue weighted by Gasteiger charge is -2.32. The molecule has 0 radical (unpaired) electrons. The zero-order valence-electron chi connectivity index (χ0n) is 15.7. The largest absolute Gasteiger partial charge is 0.416 e. The molecule has 0 bridgehead atoms. The summed E-state index contributed by atoms with van der Waals surface area (Å²) in [5.74, 6) is 0.407. The van der Waals surface area contributed by atoms with E-state index in [2.05, 4.69) is 10.1 Å². The molecule has 2 heterocycles. The normalized spacial score (nSPS) is 17.6. The number of nitrogens with zero attached hydrogens (tertiary/aromatic N) is 4. The number of carbonyl (C=O) groups is 2. The first kappa shape index (κ1) is 20.0. The monoisotopic (exact) mass is 394 g/mol. The third-order valence-electron chi connectivity index (χ3n) is 4.89. The zero-order chi connectivity index (χ0) is 20.5. The highest BCUT2D eigenvalue weighted by Gasteiger charge is 2.32. The summed E-state index contributed by atoms with van der Waals surface area (Å²) in [7, 11) is 0. The first-order chi connectivity index (χ1) is 13.1. The van der Waals surface area contributed by atoms with Gasteiger partial charge in [-0.1, -0.05) is 12.1 Å². The molecule has 9 heteroatoms. The molecule has 0 saturated carbocycles. The van der Waals surface area contributed by atoms with Crippen molar-refractivity contribution in [2.75, 3.05) is 13.1 Å². The Morgan fingerprint density at radius 2 is 1.86 bits per heavy atom. The van der Waals surface area contributed by atoms with Crippen LogP contribution in [0.5, 0.6) is 0 Å². The topological polar surface area (TPSA) is 68.1 Å². The molecule has 1 amide bonds. The number of halogens is 3. The number of benzene rings is 1. The Morgan fingerprint density at radius 3 is 2.43 bits per heavy atom. The van der Waals surface area contributed by atoms with E-state index in [0.717, 1.165) is 12.1 Å². The number of ketones is 1. The number of aryl methyl sites for hydroxylation is 2. The van der Waals surface area contributed by atoms with Crippen LogP contribution in [0.2, 0.25) is 0 Å². The molecule has 0 unspecified atom stereocenters. The number of Topliss-reactive ketones (excluding diaryl/α,β-unsaturated/α-hetero) is 1. The first-order valence-electron chi connectivity index (χ1n) is 9.02. The highest BCUT2D eigenvalue weighted by atomic mass is 19.4. The number of piperidine rings is 1. The van der Waals surface area contributed by atoms with Gasteiger partial charge in [-0.05, 0) is 38.8 Å². The molecular formula is C19H21F3N4O2. The van der Waals surface area contributed by atoms with Crippen molar-refractivity contribution in [2.24, 2.45) is 5.92 Å². The van der Waals surface area contributed by atoms with Crippen molar-refractivity contribution in [3.05, 3.63) is 47.0 Å². The number of likely N-dealkylation sites (tertiary alicyclic amines) is 1. The summed E-state index contributed by atoms with van der Waals surface area (Å²) in [6.45, 7) is 4.36. The fourth-order valence-electron chi connectivity index (χ4n) is 3.42. The minimum absolute atomic E-state index is 0.0495. The molecule has 6 nitrogen and oxygen atoms in total. The van der Waals surface area contributed by atoms with Crippen LogP contribution in [-0.4, -0.2) is 44.4 Å². The summed E-state index contributed by atoms with van der Waals surface area (Å²) in [5.41, 5.74) is -0.557. The third-order valence-corrected chi connectivity index (χ3v) is 4.89. The highest BCUT2D eigenvalue weighted by molar-refractivity contribution is 5.98. The van der Waals surface area contributed by atoms with Gasteiger partial charge in [0.2, 0.25) is 5.91 Å². The molecule has 1 saturated heterocycles. The Kier molecular flexibility index (Phi) is 5.53. The van der Waals surface area contributed by atoms with Crippen molar-refractivity contribution >= 4 is 11.7 Å². The van der Waals surface area contributed by atoms with Gasteiger partial charge in [-0.25, -0.2) is 9.67 Å². The number of rotatable bonds is 4. The SMILES string of the molecule is Cc1nc(C)n(CC(=O)N2CCC[C@H](C(=O)c3ccc(C(F)(F)F)cc3)C2)n1. The molecule has 1 aliphatic heterocycles. The Labute approximate surface area is 160 Å². The van der Waals surface area contributed by atoms with E-state index in [1.54, 1.807) is 18.7 Å². The van der Waals surface area contributed by atoms with Crippen molar-refractivity contribution in [1.82, 2.24) is 19.7 Å². The number of hydrogen-bond donors (Lipinski definition) is 0. The second kappa shape index (κ2) is 7.73. The van der Waals surface area contributed by atoms with Crippen LogP contribution in [0.3, 0.4) is 0 Å². The summed E-state index contributed by atoms with van der Waals surface area (Å²) < 4.78 is 39.6. The van der Waals surface area contributed by atoms with Crippen LogP contribution in [0, 0.1) is 19.8 Å². The lowest BCUT2D eigenvalue weighted by Crippen LogP contribution is -2.43. The van der Waals surface area contributed by atoms with E-state index in [1.807, 2.05) is 0 Å². The molecule has 150 valence electrons. The van der Waals surface area contributed by atoms with E-state index in [-0.39, 0.29) is 30.3 Å². The number of aromatic nitrogens is 3. The Balaban J connectivity index is 1.66. The van der Waals surface area contributed by atoms with Gasteiger partial charge in [-0.2, -0.15) is 18.3 Å². The van der Waals surface area contributed by atoms with E-state index in [0.29, 0.717) is 31.0 Å². The van der Waals surface area contributed by atoms with Crippen LogP contribution in [-0.2, 0) is 17.5 Å². The number of alkyl halides is 3. The second-order valence-electron chi connectivity index (χ2n) is 6.98. The van der Waals surface area contributed by atoms with Gasteiger partial charge >= 0.3 is 6.18 Å². The highest BCUT2D eigenvalue weighted by Crippen LogP contribution is 2.30. The van der Waals surface area contributed by atoms with Crippen molar-refractivity contribution in [2.45, 2.75) is 39.4 Å². The summed E-state index contributed by atoms with van der Waals surface area (Å²) in [6, 6.07) is 4.23. The van der Waals surface area contributed by atoms with E-state index in [4.69, 9.17) is 0 Å². The van der Waals surface area contributed by atoms with E-state index in [1.165, 1.54) is 16.8 Å². The second-order valence-corrected chi connectivity index (χ2v) is 6.98. The maximum absolute atomic E-state index is 12.7.